The number of aryl methyl sites for hydroxylation is 2. The highest BCUT2D eigenvalue weighted by atomic mass is 16.3. The lowest BCUT2D eigenvalue weighted by Gasteiger charge is -2.31. The van der Waals surface area contributed by atoms with Gasteiger partial charge in [-0.05, 0) is 44.6 Å². The lowest BCUT2D eigenvalue weighted by atomic mass is 9.77. The van der Waals surface area contributed by atoms with E-state index in [1.54, 1.807) is 0 Å². The van der Waals surface area contributed by atoms with Crippen molar-refractivity contribution in [2.24, 2.45) is 17.6 Å². The standard InChI is InChI=1S/C14H23NO/c1-9-5-4-6-12(7-9)14(15)13-8-10(2)16-11(13)3/h8-9,12,14H,4-7,15H2,1-3H3. The molecule has 1 aromatic heterocycles. The second-order valence-corrected chi connectivity index (χ2v) is 5.43. The summed E-state index contributed by atoms with van der Waals surface area (Å²) in [5, 5.41) is 0. The van der Waals surface area contributed by atoms with Crippen molar-refractivity contribution in [1.82, 2.24) is 0 Å². The van der Waals surface area contributed by atoms with Crippen molar-refractivity contribution >= 4 is 0 Å². The first-order valence-corrected chi connectivity index (χ1v) is 6.40. The third-order valence-corrected chi connectivity index (χ3v) is 3.92. The van der Waals surface area contributed by atoms with E-state index in [2.05, 4.69) is 13.0 Å². The first kappa shape index (κ1) is 11.7. The maximum Gasteiger partial charge on any atom is 0.105 e. The largest absolute Gasteiger partial charge is 0.466 e. The van der Waals surface area contributed by atoms with Crippen molar-refractivity contribution < 1.29 is 4.42 Å². The van der Waals surface area contributed by atoms with Gasteiger partial charge in [-0.1, -0.05) is 19.8 Å². The second kappa shape index (κ2) is 4.62. The van der Waals surface area contributed by atoms with Crippen LogP contribution in [0.3, 0.4) is 0 Å². The van der Waals surface area contributed by atoms with Crippen LogP contribution in [-0.4, -0.2) is 0 Å². The Labute approximate surface area is 98.2 Å². The van der Waals surface area contributed by atoms with Crippen LogP contribution in [0.15, 0.2) is 10.5 Å². The monoisotopic (exact) mass is 221 g/mol. The van der Waals surface area contributed by atoms with Crippen molar-refractivity contribution in [2.45, 2.75) is 52.5 Å². The molecule has 1 fully saturated rings. The highest BCUT2D eigenvalue weighted by molar-refractivity contribution is 5.24. The zero-order chi connectivity index (χ0) is 11.7. The van der Waals surface area contributed by atoms with E-state index < -0.39 is 0 Å². The third-order valence-electron chi connectivity index (χ3n) is 3.92. The predicted octanol–water partition coefficient (Wildman–Crippen LogP) is 3.72. The average Bonchev–Trinajstić information content (AvgIpc) is 2.57. The molecule has 2 heteroatoms. The van der Waals surface area contributed by atoms with Crippen LogP contribution in [-0.2, 0) is 0 Å². The molecular formula is C14H23NO. The second-order valence-electron chi connectivity index (χ2n) is 5.43. The topological polar surface area (TPSA) is 39.2 Å². The van der Waals surface area contributed by atoms with Gasteiger partial charge < -0.3 is 10.2 Å². The van der Waals surface area contributed by atoms with Crippen LogP contribution in [0.1, 0.15) is 55.7 Å². The van der Waals surface area contributed by atoms with E-state index in [-0.39, 0.29) is 6.04 Å². The molecule has 1 saturated carbocycles. The average molecular weight is 221 g/mol. The molecule has 16 heavy (non-hydrogen) atoms. The molecule has 90 valence electrons. The molecule has 1 aliphatic rings. The van der Waals surface area contributed by atoms with Gasteiger partial charge in [0, 0.05) is 11.6 Å². The van der Waals surface area contributed by atoms with Crippen LogP contribution in [0, 0.1) is 25.7 Å². The Hall–Kier alpha value is -0.760. The van der Waals surface area contributed by atoms with Crippen molar-refractivity contribution in [2.75, 3.05) is 0 Å². The zero-order valence-corrected chi connectivity index (χ0v) is 10.6. The maximum atomic E-state index is 6.39. The van der Waals surface area contributed by atoms with E-state index in [4.69, 9.17) is 10.2 Å². The molecule has 1 aliphatic carbocycles. The molecule has 2 nitrogen and oxygen atoms in total. The molecule has 0 spiro atoms. The summed E-state index contributed by atoms with van der Waals surface area (Å²) in [6, 6.07) is 2.28. The summed E-state index contributed by atoms with van der Waals surface area (Å²) in [6.07, 6.45) is 5.24. The predicted molar refractivity (Wildman–Crippen MR) is 66.2 cm³/mol. The Morgan fingerprint density at radius 3 is 2.69 bits per heavy atom. The van der Waals surface area contributed by atoms with Crippen molar-refractivity contribution in [3.8, 4) is 0 Å². The van der Waals surface area contributed by atoms with Crippen LogP contribution in [0.2, 0.25) is 0 Å². The number of furan rings is 1. The van der Waals surface area contributed by atoms with Crippen molar-refractivity contribution in [3.05, 3.63) is 23.2 Å². The highest BCUT2D eigenvalue weighted by Crippen LogP contribution is 2.37. The minimum Gasteiger partial charge on any atom is -0.466 e. The van der Waals surface area contributed by atoms with E-state index in [0.29, 0.717) is 5.92 Å². The summed E-state index contributed by atoms with van der Waals surface area (Å²) in [6.45, 7) is 6.35. The molecule has 0 saturated heterocycles. The van der Waals surface area contributed by atoms with E-state index in [0.717, 1.165) is 17.4 Å². The van der Waals surface area contributed by atoms with E-state index in [9.17, 15) is 0 Å². The molecule has 3 atom stereocenters. The first-order valence-electron chi connectivity index (χ1n) is 6.40. The fourth-order valence-electron chi connectivity index (χ4n) is 3.04. The molecule has 0 aliphatic heterocycles. The Morgan fingerprint density at radius 2 is 2.12 bits per heavy atom. The fourth-order valence-corrected chi connectivity index (χ4v) is 3.04. The van der Waals surface area contributed by atoms with Gasteiger partial charge in [-0.15, -0.1) is 0 Å². The van der Waals surface area contributed by atoms with Crippen LogP contribution in [0.5, 0.6) is 0 Å². The van der Waals surface area contributed by atoms with Gasteiger partial charge in [0.15, 0.2) is 0 Å². The van der Waals surface area contributed by atoms with Gasteiger partial charge in [0.05, 0.1) is 0 Å². The number of hydrogen-bond acceptors (Lipinski definition) is 2. The summed E-state index contributed by atoms with van der Waals surface area (Å²) in [4.78, 5) is 0. The minimum atomic E-state index is 0.167. The first-order chi connectivity index (χ1) is 7.58. The SMILES string of the molecule is Cc1cc(C(N)C2CCCC(C)C2)c(C)o1. The minimum absolute atomic E-state index is 0.167. The lowest BCUT2D eigenvalue weighted by molar-refractivity contribution is 0.247. The lowest BCUT2D eigenvalue weighted by Crippen LogP contribution is -2.26. The molecule has 1 heterocycles. The van der Waals surface area contributed by atoms with Crippen LogP contribution in [0.25, 0.3) is 0 Å². The quantitative estimate of drug-likeness (QED) is 0.826. The maximum absolute atomic E-state index is 6.39. The van der Waals surface area contributed by atoms with Gasteiger partial charge >= 0.3 is 0 Å². The molecule has 3 unspecified atom stereocenters. The molecule has 0 radical (unpaired) electrons. The Bertz CT molecular complexity index is 356. The smallest absolute Gasteiger partial charge is 0.105 e. The van der Waals surface area contributed by atoms with Crippen LogP contribution in [0.4, 0.5) is 0 Å². The molecule has 0 amide bonds. The van der Waals surface area contributed by atoms with E-state index >= 15 is 0 Å². The molecule has 2 rings (SSSR count). The highest BCUT2D eigenvalue weighted by Gasteiger charge is 2.27. The molecule has 0 bridgehead atoms. The van der Waals surface area contributed by atoms with Crippen LogP contribution < -0.4 is 5.73 Å². The van der Waals surface area contributed by atoms with Gasteiger partial charge in [-0.25, -0.2) is 0 Å². The summed E-state index contributed by atoms with van der Waals surface area (Å²) in [5.74, 6) is 3.45. The van der Waals surface area contributed by atoms with Gasteiger partial charge in [0.2, 0.25) is 0 Å². The van der Waals surface area contributed by atoms with Crippen molar-refractivity contribution in [1.29, 1.82) is 0 Å². The van der Waals surface area contributed by atoms with E-state index in [1.807, 2.05) is 13.8 Å². The number of hydrogen-bond donors (Lipinski definition) is 1. The summed E-state index contributed by atoms with van der Waals surface area (Å²) < 4.78 is 5.57. The normalized spacial score (nSPS) is 28.0. The summed E-state index contributed by atoms with van der Waals surface area (Å²) in [7, 11) is 0. The Kier molecular flexibility index (Phi) is 3.38. The van der Waals surface area contributed by atoms with Gasteiger partial charge in [-0.2, -0.15) is 0 Å². The van der Waals surface area contributed by atoms with Crippen molar-refractivity contribution in [3.63, 3.8) is 0 Å². The van der Waals surface area contributed by atoms with Crippen LogP contribution >= 0.6 is 0 Å². The Balaban J connectivity index is 2.11. The summed E-state index contributed by atoms with van der Waals surface area (Å²) in [5.41, 5.74) is 7.61. The fraction of sp³-hybridized carbons (Fsp3) is 0.714. The molecule has 1 aromatic rings. The molecule has 0 aromatic carbocycles. The van der Waals surface area contributed by atoms with Gasteiger partial charge in [0.1, 0.15) is 11.5 Å². The van der Waals surface area contributed by atoms with E-state index in [1.165, 1.54) is 31.2 Å². The van der Waals surface area contributed by atoms with Gasteiger partial charge in [-0.3, -0.25) is 0 Å². The number of rotatable bonds is 2. The number of nitrogens with two attached hydrogens (primary N) is 1. The third kappa shape index (κ3) is 2.32. The molecular weight excluding hydrogens is 198 g/mol. The zero-order valence-electron chi connectivity index (χ0n) is 10.6. The van der Waals surface area contributed by atoms with Gasteiger partial charge in [0.25, 0.3) is 0 Å². The molecule has 2 N–H and O–H groups in total. The Morgan fingerprint density at radius 1 is 1.38 bits per heavy atom. The summed E-state index contributed by atoms with van der Waals surface area (Å²) >= 11 is 0.